The molecule has 0 bridgehead atoms. The topological polar surface area (TPSA) is 45.2 Å². The zero-order chi connectivity index (χ0) is 20.8. The lowest BCUT2D eigenvalue weighted by molar-refractivity contribution is -0.123. The van der Waals surface area contributed by atoms with Gasteiger partial charge in [0.05, 0.1) is 6.54 Å². The van der Waals surface area contributed by atoms with Crippen molar-refractivity contribution in [3.8, 4) is 0 Å². The largest absolute Gasteiger partial charge is 0.342 e. The van der Waals surface area contributed by atoms with Crippen molar-refractivity contribution in [3.05, 3.63) is 88.4 Å². The Kier molecular flexibility index (Phi) is 6.92. The highest BCUT2D eigenvalue weighted by Crippen LogP contribution is 2.34. The highest BCUT2D eigenvalue weighted by atomic mass is 32.1. The SMILES string of the molecule is CN(CC(=O)NC(c1ccccc1)c1nccs1)C1CCC(c2ccccc2)CC1. The highest BCUT2D eigenvalue weighted by molar-refractivity contribution is 7.09. The second-order valence-corrected chi connectivity index (χ2v) is 9.04. The monoisotopic (exact) mass is 419 g/mol. The van der Waals surface area contributed by atoms with Crippen LogP contribution in [0.1, 0.15) is 53.8 Å². The molecule has 1 fully saturated rings. The van der Waals surface area contributed by atoms with Gasteiger partial charge in [0.1, 0.15) is 11.0 Å². The number of likely N-dealkylation sites (N-methyl/N-ethyl adjacent to an activating group) is 1. The van der Waals surface area contributed by atoms with Crippen molar-refractivity contribution in [1.29, 1.82) is 0 Å². The molecule has 0 aliphatic heterocycles. The number of thiazole rings is 1. The van der Waals surface area contributed by atoms with E-state index in [1.807, 2.05) is 35.7 Å². The molecule has 0 saturated heterocycles. The van der Waals surface area contributed by atoms with Crippen molar-refractivity contribution in [2.24, 2.45) is 0 Å². The van der Waals surface area contributed by atoms with E-state index in [0.717, 1.165) is 23.4 Å². The van der Waals surface area contributed by atoms with E-state index in [4.69, 9.17) is 0 Å². The quantitative estimate of drug-likeness (QED) is 0.586. The molecule has 1 atom stereocenters. The van der Waals surface area contributed by atoms with Gasteiger partial charge in [0, 0.05) is 17.6 Å². The standard InChI is InChI=1S/C25H29N3OS/c1-28(22-14-12-20(13-15-22)19-8-4-2-5-9-19)18-23(29)27-24(25-26-16-17-30-25)21-10-6-3-7-11-21/h2-11,16-17,20,22,24H,12-15,18H2,1H3,(H,27,29). The second-order valence-electron chi connectivity index (χ2n) is 8.11. The summed E-state index contributed by atoms with van der Waals surface area (Å²) in [6.45, 7) is 0.412. The maximum absolute atomic E-state index is 12.9. The zero-order valence-corrected chi connectivity index (χ0v) is 18.2. The summed E-state index contributed by atoms with van der Waals surface area (Å²) in [6, 6.07) is 21.2. The summed E-state index contributed by atoms with van der Waals surface area (Å²) in [7, 11) is 2.08. The van der Waals surface area contributed by atoms with Crippen molar-refractivity contribution < 1.29 is 4.79 Å². The fourth-order valence-corrected chi connectivity index (χ4v) is 5.16. The molecule has 30 heavy (non-hydrogen) atoms. The number of hydrogen-bond donors (Lipinski definition) is 1. The number of nitrogens with zero attached hydrogens (tertiary/aromatic N) is 2. The van der Waals surface area contributed by atoms with Crippen LogP contribution in [-0.4, -0.2) is 35.4 Å². The molecule has 1 aliphatic carbocycles. The Bertz CT molecular complexity index is 906. The average Bonchev–Trinajstić information content (AvgIpc) is 3.33. The third-order valence-electron chi connectivity index (χ3n) is 6.12. The van der Waals surface area contributed by atoms with Gasteiger partial charge in [-0.3, -0.25) is 9.69 Å². The fourth-order valence-electron chi connectivity index (χ4n) is 4.45. The first-order chi connectivity index (χ1) is 14.7. The minimum atomic E-state index is -0.194. The van der Waals surface area contributed by atoms with Gasteiger partial charge in [-0.15, -0.1) is 11.3 Å². The molecule has 0 radical (unpaired) electrons. The van der Waals surface area contributed by atoms with Crippen LogP contribution in [0.2, 0.25) is 0 Å². The van der Waals surface area contributed by atoms with Gasteiger partial charge in [-0.05, 0) is 49.8 Å². The summed E-state index contributed by atoms with van der Waals surface area (Å²) < 4.78 is 0. The second kappa shape index (κ2) is 10.0. The fraction of sp³-hybridized carbons (Fsp3) is 0.360. The van der Waals surface area contributed by atoms with E-state index in [0.29, 0.717) is 18.5 Å². The summed E-state index contributed by atoms with van der Waals surface area (Å²) in [5.41, 5.74) is 2.51. The number of rotatable bonds is 7. The third kappa shape index (κ3) is 5.15. The van der Waals surface area contributed by atoms with Crippen LogP contribution in [0.4, 0.5) is 0 Å². The van der Waals surface area contributed by atoms with Crippen LogP contribution >= 0.6 is 11.3 Å². The molecule has 1 N–H and O–H groups in total. The molecule has 0 spiro atoms. The Morgan fingerprint density at radius 3 is 2.37 bits per heavy atom. The summed E-state index contributed by atoms with van der Waals surface area (Å²) in [5.74, 6) is 0.698. The molecule has 1 amide bonds. The van der Waals surface area contributed by atoms with Crippen molar-refractivity contribution in [3.63, 3.8) is 0 Å². The zero-order valence-electron chi connectivity index (χ0n) is 17.4. The van der Waals surface area contributed by atoms with Crippen molar-refractivity contribution in [2.45, 2.75) is 43.7 Å². The molecule has 3 aromatic rings. The number of benzene rings is 2. The summed E-state index contributed by atoms with van der Waals surface area (Å²) >= 11 is 1.57. The number of carbonyl (C=O) groups is 1. The van der Waals surface area contributed by atoms with Crippen LogP contribution in [0.15, 0.2) is 72.2 Å². The number of amides is 1. The van der Waals surface area contributed by atoms with Gasteiger partial charge in [-0.2, -0.15) is 0 Å². The maximum Gasteiger partial charge on any atom is 0.235 e. The number of nitrogens with one attached hydrogen (secondary N) is 1. The maximum atomic E-state index is 12.9. The number of aromatic nitrogens is 1. The Morgan fingerprint density at radius 2 is 1.73 bits per heavy atom. The Balaban J connectivity index is 1.33. The molecule has 5 heteroatoms. The summed E-state index contributed by atoms with van der Waals surface area (Å²) in [6.07, 6.45) is 6.44. The lowest BCUT2D eigenvalue weighted by Gasteiger charge is -2.34. The molecule has 1 aromatic heterocycles. The third-order valence-corrected chi connectivity index (χ3v) is 6.96. The first-order valence-electron chi connectivity index (χ1n) is 10.7. The molecule has 4 rings (SSSR count). The lowest BCUT2D eigenvalue weighted by atomic mass is 9.81. The average molecular weight is 420 g/mol. The van der Waals surface area contributed by atoms with Crippen molar-refractivity contribution in [2.75, 3.05) is 13.6 Å². The van der Waals surface area contributed by atoms with Crippen molar-refractivity contribution >= 4 is 17.2 Å². The van der Waals surface area contributed by atoms with Crippen LogP contribution < -0.4 is 5.32 Å². The van der Waals surface area contributed by atoms with Crippen LogP contribution in [-0.2, 0) is 4.79 Å². The molecule has 1 heterocycles. The van der Waals surface area contributed by atoms with Gasteiger partial charge < -0.3 is 5.32 Å². The molecule has 1 aliphatic rings. The Labute approximate surface area is 183 Å². The van der Waals surface area contributed by atoms with Gasteiger partial charge in [0.25, 0.3) is 0 Å². The van der Waals surface area contributed by atoms with Gasteiger partial charge in [0.2, 0.25) is 5.91 Å². The lowest BCUT2D eigenvalue weighted by Crippen LogP contribution is -2.43. The molecule has 1 saturated carbocycles. The molecule has 1 unspecified atom stereocenters. The Morgan fingerprint density at radius 1 is 1.07 bits per heavy atom. The van der Waals surface area contributed by atoms with Crippen LogP contribution in [0.3, 0.4) is 0 Å². The number of carbonyl (C=O) groups excluding carboxylic acids is 1. The van der Waals surface area contributed by atoms with E-state index in [1.165, 1.54) is 18.4 Å². The summed E-state index contributed by atoms with van der Waals surface area (Å²) in [4.78, 5) is 19.5. The molecular weight excluding hydrogens is 390 g/mol. The summed E-state index contributed by atoms with van der Waals surface area (Å²) in [5, 5.41) is 6.08. The van der Waals surface area contributed by atoms with Crippen molar-refractivity contribution in [1.82, 2.24) is 15.2 Å². The van der Waals surface area contributed by atoms with E-state index >= 15 is 0 Å². The minimum Gasteiger partial charge on any atom is -0.342 e. The van der Waals surface area contributed by atoms with Gasteiger partial charge >= 0.3 is 0 Å². The van der Waals surface area contributed by atoms with E-state index in [1.54, 1.807) is 17.5 Å². The van der Waals surface area contributed by atoms with E-state index < -0.39 is 0 Å². The highest BCUT2D eigenvalue weighted by Gasteiger charge is 2.27. The van der Waals surface area contributed by atoms with E-state index in [9.17, 15) is 4.79 Å². The Hall–Kier alpha value is -2.50. The molecule has 4 nitrogen and oxygen atoms in total. The normalized spacial score (nSPS) is 20.1. The first kappa shape index (κ1) is 20.8. The van der Waals surface area contributed by atoms with Gasteiger partial charge in [-0.1, -0.05) is 60.7 Å². The van der Waals surface area contributed by atoms with E-state index in [-0.39, 0.29) is 11.9 Å². The predicted octanol–water partition coefficient (Wildman–Crippen LogP) is 5.01. The van der Waals surface area contributed by atoms with E-state index in [2.05, 4.69) is 52.6 Å². The van der Waals surface area contributed by atoms with Crippen LogP contribution in [0.25, 0.3) is 0 Å². The number of hydrogen-bond acceptors (Lipinski definition) is 4. The van der Waals surface area contributed by atoms with Gasteiger partial charge in [0.15, 0.2) is 0 Å². The molecular formula is C25H29N3OS. The smallest absolute Gasteiger partial charge is 0.235 e. The molecule has 2 aromatic carbocycles. The van der Waals surface area contributed by atoms with Crippen LogP contribution in [0, 0.1) is 0 Å². The predicted molar refractivity (Wildman–Crippen MR) is 123 cm³/mol. The van der Waals surface area contributed by atoms with Crippen LogP contribution in [0.5, 0.6) is 0 Å². The minimum absolute atomic E-state index is 0.0479. The van der Waals surface area contributed by atoms with Gasteiger partial charge in [-0.25, -0.2) is 4.98 Å². The first-order valence-corrected chi connectivity index (χ1v) is 11.6. The molecule has 156 valence electrons.